The Bertz CT molecular complexity index is 577. The predicted molar refractivity (Wildman–Crippen MR) is 85.1 cm³/mol. The molecule has 0 bridgehead atoms. The molecule has 1 aromatic carbocycles. The fourth-order valence-corrected chi connectivity index (χ4v) is 2.35. The number of ether oxygens (including phenoxy) is 1. The molecule has 7 nitrogen and oxygen atoms in total. The van der Waals surface area contributed by atoms with E-state index in [1.165, 1.54) is 11.8 Å². The van der Waals surface area contributed by atoms with Gasteiger partial charge in [-0.05, 0) is 31.2 Å². The zero-order valence-corrected chi connectivity index (χ0v) is 13.4. The summed E-state index contributed by atoms with van der Waals surface area (Å²) in [6.45, 7) is 5.60. The average Bonchev–Trinajstić information content (AvgIpc) is 2.56. The van der Waals surface area contributed by atoms with E-state index in [9.17, 15) is 14.4 Å². The third-order valence-electron chi connectivity index (χ3n) is 3.63. The van der Waals surface area contributed by atoms with E-state index < -0.39 is 11.8 Å². The maximum atomic E-state index is 12.1. The van der Waals surface area contributed by atoms with E-state index in [-0.39, 0.29) is 5.91 Å². The summed E-state index contributed by atoms with van der Waals surface area (Å²) in [6.07, 6.45) is 0. The number of amides is 3. The van der Waals surface area contributed by atoms with Gasteiger partial charge in [-0.3, -0.25) is 14.4 Å². The van der Waals surface area contributed by atoms with Crippen LogP contribution in [-0.2, 0) is 14.4 Å². The molecule has 0 spiro atoms. The second-order valence-electron chi connectivity index (χ2n) is 5.21. The van der Waals surface area contributed by atoms with Crippen molar-refractivity contribution in [1.82, 2.24) is 9.80 Å². The van der Waals surface area contributed by atoms with E-state index in [0.29, 0.717) is 44.2 Å². The standard InChI is InChI=1S/C16H21N3O4/c1-3-23-14-6-4-13(5-7-14)17-15(21)16(22)19-10-8-18(9-11-19)12(2)20/h4-7H,3,8-11H2,1-2H3,(H,17,21). The zero-order valence-electron chi connectivity index (χ0n) is 13.4. The van der Waals surface area contributed by atoms with Gasteiger partial charge >= 0.3 is 11.8 Å². The van der Waals surface area contributed by atoms with Crippen molar-refractivity contribution in [2.75, 3.05) is 38.1 Å². The Kier molecular flexibility index (Phi) is 5.56. The van der Waals surface area contributed by atoms with Gasteiger partial charge in [-0.15, -0.1) is 0 Å². The Morgan fingerprint density at radius 1 is 1.04 bits per heavy atom. The Hall–Kier alpha value is -2.57. The summed E-state index contributed by atoms with van der Waals surface area (Å²) in [5.74, 6) is -0.569. The van der Waals surface area contributed by atoms with Gasteiger partial charge in [0, 0.05) is 38.8 Å². The number of carbonyl (C=O) groups excluding carboxylic acids is 3. The highest BCUT2D eigenvalue weighted by atomic mass is 16.5. The number of nitrogens with one attached hydrogen (secondary N) is 1. The summed E-state index contributed by atoms with van der Waals surface area (Å²) >= 11 is 0. The molecule has 0 unspecified atom stereocenters. The maximum Gasteiger partial charge on any atom is 0.313 e. The summed E-state index contributed by atoms with van der Waals surface area (Å²) in [7, 11) is 0. The van der Waals surface area contributed by atoms with Crippen LogP contribution in [-0.4, -0.2) is 60.3 Å². The molecular weight excluding hydrogens is 298 g/mol. The fraction of sp³-hybridized carbons (Fsp3) is 0.438. The monoisotopic (exact) mass is 319 g/mol. The molecule has 3 amide bonds. The van der Waals surface area contributed by atoms with Gasteiger partial charge < -0.3 is 19.9 Å². The Morgan fingerprint density at radius 3 is 2.13 bits per heavy atom. The number of benzene rings is 1. The lowest BCUT2D eigenvalue weighted by Crippen LogP contribution is -2.52. The molecule has 1 aliphatic rings. The van der Waals surface area contributed by atoms with Crippen molar-refractivity contribution in [1.29, 1.82) is 0 Å². The molecule has 2 rings (SSSR count). The first-order chi connectivity index (χ1) is 11.0. The van der Waals surface area contributed by atoms with Crippen LogP contribution in [0.15, 0.2) is 24.3 Å². The molecule has 0 aromatic heterocycles. The Balaban J connectivity index is 1.88. The van der Waals surface area contributed by atoms with E-state index >= 15 is 0 Å². The summed E-state index contributed by atoms with van der Waals surface area (Å²) in [6, 6.07) is 6.83. The Labute approximate surface area is 135 Å². The van der Waals surface area contributed by atoms with Gasteiger partial charge in [0.1, 0.15) is 5.75 Å². The molecule has 23 heavy (non-hydrogen) atoms. The SMILES string of the molecule is CCOc1ccc(NC(=O)C(=O)N2CCN(C(C)=O)CC2)cc1. The van der Waals surface area contributed by atoms with Gasteiger partial charge in [-0.1, -0.05) is 0 Å². The van der Waals surface area contributed by atoms with Crippen molar-refractivity contribution in [2.45, 2.75) is 13.8 Å². The van der Waals surface area contributed by atoms with Crippen molar-refractivity contribution in [3.8, 4) is 5.75 Å². The summed E-state index contributed by atoms with van der Waals surface area (Å²) < 4.78 is 5.32. The highest BCUT2D eigenvalue weighted by Gasteiger charge is 2.26. The minimum absolute atomic E-state index is 0.0176. The molecule has 0 radical (unpaired) electrons. The van der Waals surface area contributed by atoms with Crippen LogP contribution < -0.4 is 10.1 Å². The molecular formula is C16H21N3O4. The lowest BCUT2D eigenvalue weighted by Gasteiger charge is -2.33. The first-order valence-corrected chi connectivity index (χ1v) is 7.60. The van der Waals surface area contributed by atoms with Crippen molar-refractivity contribution in [3.05, 3.63) is 24.3 Å². The fourth-order valence-electron chi connectivity index (χ4n) is 2.35. The molecule has 0 atom stereocenters. The third kappa shape index (κ3) is 4.45. The summed E-state index contributed by atoms with van der Waals surface area (Å²) in [5, 5.41) is 2.58. The second kappa shape index (κ2) is 7.62. The molecule has 1 aliphatic heterocycles. The third-order valence-corrected chi connectivity index (χ3v) is 3.63. The molecule has 0 aliphatic carbocycles. The van der Waals surface area contributed by atoms with E-state index in [0.717, 1.165) is 0 Å². The van der Waals surface area contributed by atoms with Gasteiger partial charge in [0.2, 0.25) is 5.91 Å². The highest BCUT2D eigenvalue weighted by Crippen LogP contribution is 2.15. The van der Waals surface area contributed by atoms with E-state index in [2.05, 4.69) is 5.32 Å². The lowest BCUT2D eigenvalue weighted by atomic mass is 10.2. The van der Waals surface area contributed by atoms with Crippen LogP contribution in [0.5, 0.6) is 5.75 Å². The minimum Gasteiger partial charge on any atom is -0.494 e. The van der Waals surface area contributed by atoms with Crippen LogP contribution in [0.4, 0.5) is 5.69 Å². The van der Waals surface area contributed by atoms with Gasteiger partial charge in [-0.25, -0.2) is 0 Å². The molecule has 1 aromatic rings. The summed E-state index contributed by atoms with van der Waals surface area (Å²) in [5.41, 5.74) is 0.536. The van der Waals surface area contributed by atoms with Crippen LogP contribution >= 0.6 is 0 Å². The number of hydrogen-bond acceptors (Lipinski definition) is 4. The second-order valence-corrected chi connectivity index (χ2v) is 5.21. The average molecular weight is 319 g/mol. The quantitative estimate of drug-likeness (QED) is 0.833. The van der Waals surface area contributed by atoms with Gasteiger partial charge in [0.05, 0.1) is 6.61 Å². The molecule has 1 saturated heterocycles. The molecule has 1 N–H and O–H groups in total. The van der Waals surface area contributed by atoms with Gasteiger partial charge in [0.15, 0.2) is 0 Å². The number of anilines is 1. The van der Waals surface area contributed by atoms with Crippen molar-refractivity contribution in [3.63, 3.8) is 0 Å². The topological polar surface area (TPSA) is 79.0 Å². The van der Waals surface area contributed by atoms with Crippen molar-refractivity contribution in [2.24, 2.45) is 0 Å². The molecule has 1 heterocycles. The Morgan fingerprint density at radius 2 is 1.61 bits per heavy atom. The van der Waals surface area contributed by atoms with E-state index in [1.54, 1.807) is 29.2 Å². The number of carbonyl (C=O) groups is 3. The predicted octanol–water partition coefficient (Wildman–Crippen LogP) is 0.714. The van der Waals surface area contributed by atoms with Crippen molar-refractivity contribution < 1.29 is 19.1 Å². The normalized spacial score (nSPS) is 14.3. The number of piperazine rings is 1. The number of hydrogen-bond donors (Lipinski definition) is 1. The van der Waals surface area contributed by atoms with Crippen molar-refractivity contribution >= 4 is 23.4 Å². The largest absolute Gasteiger partial charge is 0.494 e. The highest BCUT2D eigenvalue weighted by molar-refractivity contribution is 6.39. The van der Waals surface area contributed by atoms with Crippen LogP contribution in [0.2, 0.25) is 0 Å². The lowest BCUT2D eigenvalue weighted by molar-refractivity contribution is -0.145. The molecule has 124 valence electrons. The first-order valence-electron chi connectivity index (χ1n) is 7.60. The number of nitrogens with zero attached hydrogens (tertiary/aromatic N) is 2. The van der Waals surface area contributed by atoms with E-state index in [4.69, 9.17) is 4.74 Å². The van der Waals surface area contributed by atoms with Crippen LogP contribution in [0, 0.1) is 0 Å². The minimum atomic E-state index is -0.676. The molecule has 0 saturated carbocycles. The number of rotatable bonds is 3. The van der Waals surface area contributed by atoms with Crippen LogP contribution in [0.3, 0.4) is 0 Å². The van der Waals surface area contributed by atoms with Crippen LogP contribution in [0.25, 0.3) is 0 Å². The zero-order chi connectivity index (χ0) is 16.8. The maximum absolute atomic E-state index is 12.1. The summed E-state index contributed by atoms with van der Waals surface area (Å²) in [4.78, 5) is 38.5. The van der Waals surface area contributed by atoms with E-state index in [1.807, 2.05) is 6.92 Å². The van der Waals surface area contributed by atoms with Gasteiger partial charge in [0.25, 0.3) is 0 Å². The molecule has 1 fully saturated rings. The smallest absolute Gasteiger partial charge is 0.313 e. The first kappa shape index (κ1) is 16.8. The van der Waals surface area contributed by atoms with Gasteiger partial charge in [-0.2, -0.15) is 0 Å². The molecule has 7 heteroatoms. The van der Waals surface area contributed by atoms with Crippen LogP contribution in [0.1, 0.15) is 13.8 Å².